The fourth-order valence-electron chi connectivity index (χ4n) is 6.56. The zero-order valence-corrected chi connectivity index (χ0v) is 34.7. The van der Waals surface area contributed by atoms with Crippen LogP contribution in [-0.2, 0) is 14.3 Å². The minimum Gasteiger partial charge on any atom is -0.394 e. The van der Waals surface area contributed by atoms with Gasteiger partial charge in [-0.05, 0) is 57.8 Å². The van der Waals surface area contributed by atoms with Gasteiger partial charge in [0, 0.05) is 6.42 Å². The van der Waals surface area contributed by atoms with Crippen LogP contribution >= 0.6 is 0 Å². The third kappa shape index (κ3) is 27.2. The van der Waals surface area contributed by atoms with Gasteiger partial charge in [-0.3, -0.25) is 4.79 Å². The molecule has 0 saturated carbocycles. The maximum Gasteiger partial charge on any atom is 0.220 e. The summed E-state index contributed by atoms with van der Waals surface area (Å²) in [5, 5.41) is 53.8. The van der Waals surface area contributed by atoms with Gasteiger partial charge < -0.3 is 40.3 Å². The summed E-state index contributed by atoms with van der Waals surface area (Å²) in [5.74, 6) is -0.187. The molecule has 0 radical (unpaired) electrons. The Balaban J connectivity index is 2.20. The smallest absolute Gasteiger partial charge is 0.220 e. The van der Waals surface area contributed by atoms with Crippen molar-refractivity contribution >= 4 is 5.91 Å². The number of nitrogens with one attached hydrogen (secondary N) is 1. The Bertz CT molecular complexity index is 1040. The van der Waals surface area contributed by atoms with E-state index in [9.17, 15) is 30.3 Å². The maximum absolute atomic E-state index is 12.9. The summed E-state index contributed by atoms with van der Waals surface area (Å²) in [6.45, 7) is 3.58. The van der Waals surface area contributed by atoms with Crippen molar-refractivity contribution in [3.8, 4) is 0 Å². The molecule has 1 aliphatic rings. The minimum absolute atomic E-state index is 0.187. The highest BCUT2D eigenvalue weighted by Crippen LogP contribution is 2.22. The van der Waals surface area contributed by atoms with Crippen LogP contribution in [0, 0.1) is 0 Å². The Labute approximate surface area is 335 Å². The molecule has 1 rings (SSSR count). The van der Waals surface area contributed by atoms with E-state index in [0.29, 0.717) is 6.42 Å². The second kappa shape index (κ2) is 36.2. The van der Waals surface area contributed by atoms with Gasteiger partial charge in [-0.2, -0.15) is 0 Å². The Kier molecular flexibility index (Phi) is 33.5. The topological polar surface area (TPSA) is 149 Å². The average molecular weight is 776 g/mol. The number of aliphatic hydroxyl groups excluding tert-OH is 5. The number of unbranched alkanes of at least 4 members (excludes halogenated alkanes) is 17. The quantitative estimate of drug-likeness (QED) is 0.0277. The lowest BCUT2D eigenvalue weighted by atomic mass is 9.99. The standard InChI is InChI=1S/C46H81NO8/c1-3-5-7-9-11-12-13-14-15-16-17-18-19-20-21-22-23-24-25-26-27-28-30-32-34-36-42(50)47-39(40(49)35-33-31-29-10-8-6-4-2)38-54-46-45(53)44(52)43(51)41(37-48)55-46/h5,7,11-12,14-15,17-18,33,35,39-41,43-46,48-49,51-53H,3-4,6,8-10,13,16,19-32,34,36-38H2,1-2H3,(H,47,50)/b7-5-,12-11-,15-14-,18-17-,35-33+. The number of aliphatic hydroxyl groups is 5. The largest absolute Gasteiger partial charge is 0.394 e. The van der Waals surface area contributed by atoms with Crippen molar-refractivity contribution in [1.29, 1.82) is 0 Å². The zero-order chi connectivity index (χ0) is 40.2. The van der Waals surface area contributed by atoms with Crippen molar-refractivity contribution in [3.63, 3.8) is 0 Å². The summed E-state index contributed by atoms with van der Waals surface area (Å²) in [6, 6.07) is -0.804. The van der Waals surface area contributed by atoms with Crippen LogP contribution in [0.15, 0.2) is 60.8 Å². The van der Waals surface area contributed by atoms with Crippen LogP contribution in [0.2, 0.25) is 0 Å². The van der Waals surface area contributed by atoms with Crippen LogP contribution in [0.4, 0.5) is 0 Å². The van der Waals surface area contributed by atoms with Crippen molar-refractivity contribution in [2.75, 3.05) is 13.2 Å². The average Bonchev–Trinajstić information content (AvgIpc) is 3.18. The first kappa shape index (κ1) is 50.9. The molecule has 6 N–H and O–H groups in total. The van der Waals surface area contributed by atoms with Gasteiger partial charge in [0.05, 0.1) is 25.4 Å². The van der Waals surface area contributed by atoms with E-state index < -0.39 is 49.5 Å². The molecule has 1 amide bonds. The lowest BCUT2D eigenvalue weighted by Crippen LogP contribution is -2.60. The number of ether oxygens (including phenoxy) is 2. The van der Waals surface area contributed by atoms with Crippen molar-refractivity contribution < 1.29 is 39.8 Å². The zero-order valence-electron chi connectivity index (χ0n) is 34.7. The number of hydrogen-bond donors (Lipinski definition) is 6. The van der Waals surface area contributed by atoms with Gasteiger partial charge in [-0.1, -0.05) is 164 Å². The highest BCUT2D eigenvalue weighted by molar-refractivity contribution is 5.76. The molecule has 1 aliphatic heterocycles. The molecule has 1 fully saturated rings. The highest BCUT2D eigenvalue weighted by Gasteiger charge is 2.44. The molecule has 9 heteroatoms. The van der Waals surface area contributed by atoms with E-state index in [4.69, 9.17) is 9.47 Å². The van der Waals surface area contributed by atoms with Crippen molar-refractivity contribution in [2.45, 2.75) is 211 Å². The molecule has 7 unspecified atom stereocenters. The monoisotopic (exact) mass is 776 g/mol. The minimum atomic E-state index is -1.57. The van der Waals surface area contributed by atoms with Gasteiger partial charge in [-0.15, -0.1) is 0 Å². The van der Waals surface area contributed by atoms with Gasteiger partial charge in [0.1, 0.15) is 24.4 Å². The van der Waals surface area contributed by atoms with Crippen molar-refractivity contribution in [2.24, 2.45) is 0 Å². The molecular weight excluding hydrogens is 695 g/mol. The van der Waals surface area contributed by atoms with E-state index in [2.05, 4.69) is 67.8 Å². The first-order valence-corrected chi connectivity index (χ1v) is 22.0. The number of hydrogen-bond acceptors (Lipinski definition) is 8. The lowest BCUT2D eigenvalue weighted by Gasteiger charge is -2.40. The molecule has 318 valence electrons. The number of carbonyl (C=O) groups excluding carboxylic acids is 1. The summed E-state index contributed by atoms with van der Waals surface area (Å²) in [4.78, 5) is 12.9. The second-order valence-electron chi connectivity index (χ2n) is 15.1. The molecule has 9 nitrogen and oxygen atoms in total. The number of amides is 1. The molecule has 0 aliphatic carbocycles. The van der Waals surface area contributed by atoms with Crippen molar-refractivity contribution in [1.82, 2.24) is 5.32 Å². The van der Waals surface area contributed by atoms with Crippen molar-refractivity contribution in [3.05, 3.63) is 60.8 Å². The van der Waals surface area contributed by atoms with Gasteiger partial charge >= 0.3 is 0 Å². The van der Waals surface area contributed by atoms with Gasteiger partial charge in [0.15, 0.2) is 6.29 Å². The van der Waals surface area contributed by atoms with Crippen LogP contribution in [0.5, 0.6) is 0 Å². The van der Waals surface area contributed by atoms with Crippen LogP contribution in [0.25, 0.3) is 0 Å². The van der Waals surface area contributed by atoms with E-state index in [-0.39, 0.29) is 12.5 Å². The summed E-state index contributed by atoms with van der Waals surface area (Å²) >= 11 is 0. The van der Waals surface area contributed by atoms with E-state index in [1.54, 1.807) is 6.08 Å². The number of allylic oxidation sites excluding steroid dienone is 9. The van der Waals surface area contributed by atoms with Crippen LogP contribution in [-0.4, -0.2) is 87.5 Å². The van der Waals surface area contributed by atoms with Gasteiger partial charge in [-0.25, -0.2) is 0 Å². The normalized spacial score (nSPS) is 21.9. The Morgan fingerprint density at radius 3 is 1.67 bits per heavy atom. The molecule has 0 bridgehead atoms. The molecule has 7 atom stereocenters. The fourth-order valence-corrected chi connectivity index (χ4v) is 6.56. The predicted molar refractivity (Wildman–Crippen MR) is 226 cm³/mol. The van der Waals surface area contributed by atoms with E-state index >= 15 is 0 Å². The Morgan fingerprint density at radius 1 is 0.636 bits per heavy atom. The summed E-state index contributed by atoms with van der Waals surface area (Å²) in [5.41, 5.74) is 0. The fraction of sp³-hybridized carbons (Fsp3) is 0.761. The molecule has 0 aromatic heterocycles. The molecular formula is C46H81NO8. The third-order valence-corrected chi connectivity index (χ3v) is 10.1. The Hall–Kier alpha value is -2.11. The SMILES string of the molecule is CC/C=C\C/C=C\C/C=C\C/C=C\CCCCCCCCCCCCCCC(=O)NC(COC1OC(CO)C(O)C(O)C1O)C(O)/C=C/CCCCCCC. The second-order valence-corrected chi connectivity index (χ2v) is 15.1. The third-order valence-electron chi connectivity index (χ3n) is 10.1. The van der Waals surface area contributed by atoms with Crippen LogP contribution in [0.3, 0.4) is 0 Å². The summed E-state index contributed by atoms with van der Waals surface area (Å²) < 4.78 is 11.1. The first-order valence-electron chi connectivity index (χ1n) is 22.0. The number of rotatable bonds is 35. The molecule has 55 heavy (non-hydrogen) atoms. The maximum atomic E-state index is 12.9. The molecule has 1 heterocycles. The summed E-state index contributed by atoms with van der Waals surface area (Å²) in [7, 11) is 0. The van der Waals surface area contributed by atoms with E-state index in [0.717, 1.165) is 64.2 Å². The highest BCUT2D eigenvalue weighted by atomic mass is 16.7. The Morgan fingerprint density at radius 2 is 1.13 bits per heavy atom. The number of carbonyl (C=O) groups is 1. The molecule has 1 saturated heterocycles. The summed E-state index contributed by atoms with van der Waals surface area (Å²) in [6.07, 6.45) is 40.1. The molecule has 0 aromatic rings. The van der Waals surface area contributed by atoms with E-state index in [1.165, 1.54) is 83.5 Å². The predicted octanol–water partition coefficient (Wildman–Crippen LogP) is 8.83. The van der Waals surface area contributed by atoms with Crippen LogP contribution < -0.4 is 5.32 Å². The van der Waals surface area contributed by atoms with Gasteiger partial charge in [0.2, 0.25) is 5.91 Å². The van der Waals surface area contributed by atoms with Gasteiger partial charge in [0.25, 0.3) is 0 Å². The first-order chi connectivity index (χ1) is 26.8. The lowest BCUT2D eigenvalue weighted by molar-refractivity contribution is -0.302. The van der Waals surface area contributed by atoms with Crippen LogP contribution in [0.1, 0.15) is 168 Å². The molecule has 0 aromatic carbocycles. The van der Waals surface area contributed by atoms with E-state index in [1.807, 2.05) is 6.08 Å². The molecule has 0 spiro atoms.